The van der Waals surface area contributed by atoms with Crippen molar-refractivity contribution in [3.8, 4) is 0 Å². The maximum absolute atomic E-state index is 12.7. The van der Waals surface area contributed by atoms with Crippen LogP contribution in [0.15, 0.2) is 55.6 Å². The fourth-order valence-electron chi connectivity index (χ4n) is 3.34. The van der Waals surface area contributed by atoms with Gasteiger partial charge in [0.15, 0.2) is 0 Å². The standard InChI is InChI=1S/C26H38N2O5/c1-5-7-14-23(15-21-12-9-8-10-13-21)26(32)33-18-20(4)28-25(31)22(11-6-2)16-24(30)27-19(3)17-29/h5-6,8-10,12-13,19-20,22-23,29H,1-2,7,11,14-18H2,3-4H3,(H,27,30)(H,28,31). The van der Waals surface area contributed by atoms with Crippen LogP contribution in [-0.4, -0.2) is 48.2 Å². The summed E-state index contributed by atoms with van der Waals surface area (Å²) in [7, 11) is 0. The number of amides is 2. The highest BCUT2D eigenvalue weighted by Gasteiger charge is 2.24. The molecule has 0 heterocycles. The number of benzene rings is 1. The Kier molecular flexibility index (Phi) is 13.5. The van der Waals surface area contributed by atoms with E-state index in [1.54, 1.807) is 26.0 Å². The molecule has 0 spiro atoms. The third-order valence-electron chi connectivity index (χ3n) is 5.18. The van der Waals surface area contributed by atoms with Crippen molar-refractivity contribution in [2.75, 3.05) is 13.2 Å². The fourth-order valence-corrected chi connectivity index (χ4v) is 3.34. The molecule has 0 bridgehead atoms. The van der Waals surface area contributed by atoms with Crippen molar-refractivity contribution in [1.29, 1.82) is 0 Å². The van der Waals surface area contributed by atoms with Gasteiger partial charge in [0.05, 0.1) is 24.5 Å². The first-order chi connectivity index (χ1) is 15.8. The number of carbonyl (C=O) groups is 3. The third-order valence-corrected chi connectivity index (χ3v) is 5.18. The van der Waals surface area contributed by atoms with Crippen molar-refractivity contribution >= 4 is 17.8 Å². The van der Waals surface area contributed by atoms with Gasteiger partial charge in [-0.2, -0.15) is 0 Å². The first-order valence-corrected chi connectivity index (χ1v) is 11.4. The van der Waals surface area contributed by atoms with Gasteiger partial charge < -0.3 is 20.5 Å². The summed E-state index contributed by atoms with van der Waals surface area (Å²) in [5.41, 5.74) is 1.06. The molecule has 1 rings (SSSR count). The quantitative estimate of drug-likeness (QED) is 0.261. The second kappa shape index (κ2) is 15.8. The minimum absolute atomic E-state index is 0.0184. The smallest absolute Gasteiger partial charge is 0.309 e. The predicted octanol–water partition coefficient (Wildman–Crippen LogP) is 2.94. The van der Waals surface area contributed by atoms with Crippen LogP contribution in [0.3, 0.4) is 0 Å². The zero-order valence-corrected chi connectivity index (χ0v) is 19.8. The Hall–Kier alpha value is -2.93. The van der Waals surface area contributed by atoms with Crippen molar-refractivity contribution in [3.05, 3.63) is 61.2 Å². The summed E-state index contributed by atoms with van der Waals surface area (Å²) in [6, 6.07) is 8.97. The van der Waals surface area contributed by atoms with Crippen LogP contribution in [0.2, 0.25) is 0 Å². The zero-order chi connectivity index (χ0) is 24.6. The van der Waals surface area contributed by atoms with Gasteiger partial charge in [-0.25, -0.2) is 0 Å². The van der Waals surface area contributed by atoms with Crippen LogP contribution < -0.4 is 10.6 Å². The normalized spacial score (nSPS) is 14.3. The van der Waals surface area contributed by atoms with Gasteiger partial charge in [-0.3, -0.25) is 14.4 Å². The zero-order valence-electron chi connectivity index (χ0n) is 19.8. The van der Waals surface area contributed by atoms with Gasteiger partial charge in [-0.05, 0) is 45.1 Å². The van der Waals surface area contributed by atoms with Crippen molar-refractivity contribution in [3.63, 3.8) is 0 Å². The van der Waals surface area contributed by atoms with E-state index in [1.807, 2.05) is 30.3 Å². The highest BCUT2D eigenvalue weighted by molar-refractivity contribution is 5.86. The summed E-state index contributed by atoms with van der Waals surface area (Å²) in [5.74, 6) is -1.81. The van der Waals surface area contributed by atoms with E-state index in [2.05, 4.69) is 23.8 Å². The summed E-state index contributed by atoms with van der Waals surface area (Å²) < 4.78 is 5.51. The van der Waals surface area contributed by atoms with Crippen LogP contribution in [0.1, 0.15) is 45.1 Å². The van der Waals surface area contributed by atoms with E-state index in [9.17, 15) is 14.4 Å². The van der Waals surface area contributed by atoms with E-state index < -0.39 is 12.0 Å². The summed E-state index contributed by atoms with van der Waals surface area (Å²) in [6.45, 7) is 10.7. The Morgan fingerprint density at radius 1 is 1.03 bits per heavy atom. The molecule has 0 radical (unpaired) electrons. The molecular formula is C26H38N2O5. The lowest BCUT2D eigenvalue weighted by Gasteiger charge is -2.21. The molecule has 0 aromatic heterocycles. The van der Waals surface area contributed by atoms with Gasteiger partial charge in [0.25, 0.3) is 0 Å². The van der Waals surface area contributed by atoms with Gasteiger partial charge in [0.1, 0.15) is 6.61 Å². The number of hydrogen-bond acceptors (Lipinski definition) is 5. The van der Waals surface area contributed by atoms with Gasteiger partial charge >= 0.3 is 5.97 Å². The Labute approximate surface area is 197 Å². The van der Waals surface area contributed by atoms with Gasteiger partial charge in [0, 0.05) is 12.5 Å². The molecule has 1 aromatic carbocycles. The van der Waals surface area contributed by atoms with Crippen LogP contribution >= 0.6 is 0 Å². The van der Waals surface area contributed by atoms with Crippen LogP contribution in [0.25, 0.3) is 0 Å². The minimum atomic E-state index is -0.593. The van der Waals surface area contributed by atoms with Crippen LogP contribution in [0.5, 0.6) is 0 Å². The molecule has 2 amide bonds. The minimum Gasteiger partial charge on any atom is -0.463 e. The molecule has 7 heteroatoms. The second-order valence-corrected chi connectivity index (χ2v) is 8.37. The SMILES string of the molecule is C=CCCC(Cc1ccccc1)C(=O)OCC(C)NC(=O)C(CC=C)CC(=O)NC(C)CO. The van der Waals surface area contributed by atoms with E-state index in [-0.39, 0.29) is 49.4 Å². The molecule has 0 saturated carbocycles. The molecule has 1 aromatic rings. The average molecular weight is 459 g/mol. The third kappa shape index (κ3) is 11.5. The molecule has 4 unspecified atom stereocenters. The summed E-state index contributed by atoms with van der Waals surface area (Å²) in [5, 5.41) is 14.5. The lowest BCUT2D eigenvalue weighted by molar-refractivity contribution is -0.150. The van der Waals surface area contributed by atoms with Crippen LogP contribution in [0, 0.1) is 11.8 Å². The second-order valence-electron chi connectivity index (χ2n) is 8.37. The predicted molar refractivity (Wildman–Crippen MR) is 129 cm³/mol. The number of allylic oxidation sites excluding steroid dienone is 2. The Morgan fingerprint density at radius 3 is 2.33 bits per heavy atom. The first-order valence-electron chi connectivity index (χ1n) is 11.4. The van der Waals surface area contributed by atoms with Crippen molar-refractivity contribution in [1.82, 2.24) is 10.6 Å². The van der Waals surface area contributed by atoms with E-state index >= 15 is 0 Å². The number of carbonyl (C=O) groups excluding carboxylic acids is 3. The van der Waals surface area contributed by atoms with Crippen molar-refractivity contribution in [2.24, 2.45) is 11.8 Å². The van der Waals surface area contributed by atoms with Crippen LogP contribution in [-0.2, 0) is 25.5 Å². The van der Waals surface area contributed by atoms with Crippen molar-refractivity contribution < 1.29 is 24.2 Å². The number of esters is 1. The number of ether oxygens (including phenoxy) is 1. The molecule has 0 aliphatic carbocycles. The van der Waals surface area contributed by atoms with Gasteiger partial charge in [-0.1, -0.05) is 42.5 Å². The molecule has 0 aliphatic heterocycles. The van der Waals surface area contributed by atoms with E-state index in [0.29, 0.717) is 25.7 Å². The number of aliphatic hydroxyl groups excluding tert-OH is 1. The molecular weight excluding hydrogens is 420 g/mol. The largest absolute Gasteiger partial charge is 0.463 e. The molecule has 182 valence electrons. The number of hydrogen-bond donors (Lipinski definition) is 3. The van der Waals surface area contributed by atoms with E-state index in [0.717, 1.165) is 5.56 Å². The summed E-state index contributed by atoms with van der Waals surface area (Å²) in [4.78, 5) is 37.5. The Bertz CT molecular complexity index is 765. The van der Waals surface area contributed by atoms with E-state index in [4.69, 9.17) is 9.84 Å². The summed E-state index contributed by atoms with van der Waals surface area (Å²) >= 11 is 0. The lowest BCUT2D eigenvalue weighted by atomic mass is 9.95. The summed E-state index contributed by atoms with van der Waals surface area (Å²) in [6.07, 6.45) is 5.61. The Balaban J connectivity index is 2.60. The number of aliphatic hydroxyl groups is 1. The number of rotatable bonds is 16. The van der Waals surface area contributed by atoms with Crippen molar-refractivity contribution in [2.45, 2.75) is 58.0 Å². The topological polar surface area (TPSA) is 105 Å². The Morgan fingerprint density at radius 2 is 1.73 bits per heavy atom. The maximum Gasteiger partial charge on any atom is 0.309 e. The molecule has 4 atom stereocenters. The molecule has 0 aliphatic rings. The molecule has 3 N–H and O–H groups in total. The molecule has 0 fully saturated rings. The molecule has 7 nitrogen and oxygen atoms in total. The maximum atomic E-state index is 12.7. The molecule has 0 saturated heterocycles. The molecule has 33 heavy (non-hydrogen) atoms. The monoisotopic (exact) mass is 458 g/mol. The van der Waals surface area contributed by atoms with Crippen LogP contribution in [0.4, 0.5) is 0 Å². The van der Waals surface area contributed by atoms with E-state index in [1.165, 1.54) is 0 Å². The lowest BCUT2D eigenvalue weighted by Crippen LogP contribution is -2.43. The average Bonchev–Trinajstić information content (AvgIpc) is 2.80. The first kappa shape index (κ1) is 28.1. The number of nitrogens with one attached hydrogen (secondary N) is 2. The van der Waals surface area contributed by atoms with Gasteiger partial charge in [-0.15, -0.1) is 13.2 Å². The highest BCUT2D eigenvalue weighted by Crippen LogP contribution is 2.17. The van der Waals surface area contributed by atoms with Gasteiger partial charge in [0.2, 0.25) is 11.8 Å². The highest BCUT2D eigenvalue weighted by atomic mass is 16.5. The fraction of sp³-hybridized carbons (Fsp3) is 0.500.